The molecule has 4 heteroatoms. The molecule has 0 radical (unpaired) electrons. The van der Waals surface area contributed by atoms with Crippen LogP contribution in [0.15, 0.2) is 22.8 Å². The number of ether oxygens (including phenoxy) is 1. The molecule has 130 valence electrons. The molecular weight excluding hydrogens is 304 g/mol. The standard InChI is InChI=1S/C20H26O4/c1-10-12-7-11-5-6-16-19(2,3)17(22)14(21)9-20(16,4)13(11)8-15(12)24-18(10)23/h7,13,15-17,22H,5-6,8-9H2,1-4H3/t13-,15-,16-,17+,20+/m1/s1. The van der Waals surface area contributed by atoms with E-state index in [2.05, 4.69) is 13.0 Å². The van der Waals surface area contributed by atoms with Crippen molar-refractivity contribution in [3.8, 4) is 0 Å². The van der Waals surface area contributed by atoms with Crippen LogP contribution in [0.1, 0.15) is 53.4 Å². The summed E-state index contributed by atoms with van der Waals surface area (Å²) < 4.78 is 5.56. The van der Waals surface area contributed by atoms with Crippen LogP contribution >= 0.6 is 0 Å². The molecule has 0 aromatic heterocycles. The van der Waals surface area contributed by atoms with E-state index in [1.165, 1.54) is 5.57 Å². The highest BCUT2D eigenvalue weighted by Gasteiger charge is 2.60. The van der Waals surface area contributed by atoms with Gasteiger partial charge in [0.2, 0.25) is 0 Å². The van der Waals surface area contributed by atoms with Crippen LogP contribution in [0.3, 0.4) is 0 Å². The van der Waals surface area contributed by atoms with Crippen molar-refractivity contribution >= 4 is 11.8 Å². The van der Waals surface area contributed by atoms with Crippen molar-refractivity contribution < 1.29 is 19.4 Å². The van der Waals surface area contributed by atoms with Crippen molar-refractivity contribution in [3.05, 3.63) is 22.8 Å². The largest absolute Gasteiger partial charge is 0.454 e. The summed E-state index contributed by atoms with van der Waals surface area (Å²) in [6.07, 6.45) is 4.30. The topological polar surface area (TPSA) is 63.6 Å². The van der Waals surface area contributed by atoms with Crippen LogP contribution in [0.2, 0.25) is 0 Å². The Kier molecular flexibility index (Phi) is 3.22. The van der Waals surface area contributed by atoms with Gasteiger partial charge in [0, 0.05) is 23.0 Å². The van der Waals surface area contributed by atoms with Crippen LogP contribution in [0.4, 0.5) is 0 Å². The second kappa shape index (κ2) is 4.81. The molecule has 1 heterocycles. The molecule has 5 atom stereocenters. The predicted octanol–water partition coefficient (Wildman–Crippen LogP) is 2.95. The van der Waals surface area contributed by atoms with Crippen LogP contribution in [0.25, 0.3) is 0 Å². The molecular formula is C20H26O4. The van der Waals surface area contributed by atoms with Gasteiger partial charge < -0.3 is 9.84 Å². The van der Waals surface area contributed by atoms with Crippen LogP contribution in [0, 0.1) is 22.7 Å². The van der Waals surface area contributed by atoms with Gasteiger partial charge in [0.1, 0.15) is 12.2 Å². The van der Waals surface area contributed by atoms with E-state index in [0.717, 1.165) is 30.4 Å². The Morgan fingerprint density at radius 3 is 2.67 bits per heavy atom. The number of ketones is 1. The Morgan fingerprint density at radius 2 is 1.96 bits per heavy atom. The zero-order valence-electron chi connectivity index (χ0n) is 14.9. The number of carbonyl (C=O) groups is 2. The third kappa shape index (κ3) is 1.89. The van der Waals surface area contributed by atoms with E-state index in [1.54, 1.807) is 0 Å². The highest BCUT2D eigenvalue weighted by Crippen LogP contribution is 2.62. The molecule has 0 aromatic rings. The number of rotatable bonds is 0. The lowest BCUT2D eigenvalue weighted by Crippen LogP contribution is -2.59. The van der Waals surface area contributed by atoms with Crippen LogP contribution < -0.4 is 0 Å². The fraction of sp³-hybridized carbons (Fsp3) is 0.700. The highest BCUT2D eigenvalue weighted by atomic mass is 16.5. The number of allylic oxidation sites excluding steroid dienone is 1. The Balaban J connectivity index is 1.77. The van der Waals surface area contributed by atoms with Gasteiger partial charge in [-0.1, -0.05) is 32.4 Å². The number of fused-ring (bicyclic) bond motifs is 4. The van der Waals surface area contributed by atoms with E-state index in [-0.39, 0.29) is 29.2 Å². The first-order chi connectivity index (χ1) is 11.2. The number of carbonyl (C=O) groups excluding carboxylic acids is 2. The number of hydrogen-bond donors (Lipinski definition) is 1. The summed E-state index contributed by atoms with van der Waals surface area (Å²) in [7, 11) is 0. The Morgan fingerprint density at radius 1 is 1.25 bits per heavy atom. The van der Waals surface area contributed by atoms with E-state index in [1.807, 2.05) is 20.8 Å². The molecule has 1 N–H and O–H groups in total. The predicted molar refractivity (Wildman–Crippen MR) is 89.0 cm³/mol. The minimum atomic E-state index is -0.869. The molecule has 0 amide bonds. The number of Topliss-reactive ketones (excluding diaryl/α,β-unsaturated/α-hetero) is 1. The summed E-state index contributed by atoms with van der Waals surface area (Å²) in [5, 5.41) is 10.4. The summed E-state index contributed by atoms with van der Waals surface area (Å²) in [5.74, 6) is 0.298. The Labute approximate surface area is 143 Å². The number of hydrogen-bond acceptors (Lipinski definition) is 4. The fourth-order valence-electron chi connectivity index (χ4n) is 6.05. The summed E-state index contributed by atoms with van der Waals surface area (Å²) in [5.41, 5.74) is 2.55. The first-order valence-electron chi connectivity index (χ1n) is 8.99. The first-order valence-corrected chi connectivity index (χ1v) is 8.99. The van der Waals surface area contributed by atoms with E-state index in [4.69, 9.17) is 4.74 Å². The zero-order valence-corrected chi connectivity index (χ0v) is 14.9. The average molecular weight is 330 g/mol. The smallest absolute Gasteiger partial charge is 0.334 e. The molecule has 0 spiro atoms. The van der Waals surface area contributed by atoms with Gasteiger partial charge in [0.25, 0.3) is 0 Å². The fourth-order valence-corrected chi connectivity index (χ4v) is 6.05. The number of aliphatic hydroxyl groups excluding tert-OH is 1. The summed E-state index contributed by atoms with van der Waals surface area (Å²) in [6.45, 7) is 8.10. The molecule has 2 saturated carbocycles. The van der Waals surface area contributed by atoms with Gasteiger partial charge in [0.05, 0.1) is 0 Å². The molecule has 24 heavy (non-hydrogen) atoms. The van der Waals surface area contributed by atoms with Crippen molar-refractivity contribution in [3.63, 3.8) is 0 Å². The summed E-state index contributed by atoms with van der Waals surface area (Å²) in [4.78, 5) is 24.4. The molecule has 3 aliphatic carbocycles. The van der Waals surface area contributed by atoms with Crippen molar-refractivity contribution in [1.29, 1.82) is 0 Å². The van der Waals surface area contributed by atoms with E-state index in [9.17, 15) is 14.7 Å². The maximum atomic E-state index is 12.5. The second-order valence-electron chi connectivity index (χ2n) is 8.95. The first kappa shape index (κ1) is 16.1. The number of esters is 1. The van der Waals surface area contributed by atoms with E-state index >= 15 is 0 Å². The lowest BCUT2D eigenvalue weighted by atomic mass is 9.45. The lowest BCUT2D eigenvalue weighted by molar-refractivity contribution is -0.164. The third-order valence-electron chi connectivity index (χ3n) is 7.35. The van der Waals surface area contributed by atoms with Crippen LogP contribution in [-0.2, 0) is 14.3 Å². The second-order valence-corrected chi connectivity index (χ2v) is 8.95. The molecule has 0 saturated heterocycles. The zero-order chi connectivity index (χ0) is 17.4. The minimum absolute atomic E-state index is 0.0408. The normalized spacial score (nSPS) is 43.6. The van der Waals surface area contributed by atoms with E-state index in [0.29, 0.717) is 12.3 Å². The monoisotopic (exact) mass is 330 g/mol. The SMILES string of the molecule is CC1=C2C=C3CC[C@@H]4C(C)(C)[C@@H](O)C(=O)C[C@@]4(C)[C@@H]3C[C@H]2OC1=O. The molecule has 0 unspecified atom stereocenters. The van der Waals surface area contributed by atoms with Gasteiger partial charge in [-0.15, -0.1) is 0 Å². The molecule has 4 nitrogen and oxygen atoms in total. The van der Waals surface area contributed by atoms with Crippen LogP contribution in [0.5, 0.6) is 0 Å². The summed E-state index contributed by atoms with van der Waals surface area (Å²) >= 11 is 0. The maximum Gasteiger partial charge on any atom is 0.334 e. The summed E-state index contributed by atoms with van der Waals surface area (Å²) in [6, 6.07) is 0. The number of aliphatic hydroxyl groups is 1. The van der Waals surface area contributed by atoms with Gasteiger partial charge in [-0.05, 0) is 43.4 Å². The third-order valence-corrected chi connectivity index (χ3v) is 7.35. The highest BCUT2D eigenvalue weighted by molar-refractivity contribution is 5.92. The van der Waals surface area contributed by atoms with Crippen molar-refractivity contribution in [2.45, 2.75) is 65.6 Å². The minimum Gasteiger partial charge on any atom is -0.454 e. The molecule has 4 aliphatic rings. The molecule has 0 bridgehead atoms. The van der Waals surface area contributed by atoms with E-state index < -0.39 is 11.5 Å². The van der Waals surface area contributed by atoms with Gasteiger partial charge in [-0.2, -0.15) is 0 Å². The quantitative estimate of drug-likeness (QED) is 0.694. The van der Waals surface area contributed by atoms with Crippen molar-refractivity contribution in [2.75, 3.05) is 0 Å². The molecule has 1 aliphatic heterocycles. The molecule has 2 fully saturated rings. The average Bonchev–Trinajstić information content (AvgIpc) is 2.78. The lowest BCUT2D eigenvalue weighted by Gasteiger charge is -2.59. The van der Waals surface area contributed by atoms with Gasteiger partial charge in [0.15, 0.2) is 5.78 Å². The van der Waals surface area contributed by atoms with Crippen molar-refractivity contribution in [1.82, 2.24) is 0 Å². The molecule has 4 rings (SSSR count). The van der Waals surface area contributed by atoms with Gasteiger partial charge >= 0.3 is 5.97 Å². The van der Waals surface area contributed by atoms with Gasteiger partial charge in [-0.25, -0.2) is 4.79 Å². The Hall–Kier alpha value is -1.42. The maximum absolute atomic E-state index is 12.5. The van der Waals surface area contributed by atoms with Gasteiger partial charge in [-0.3, -0.25) is 4.79 Å². The van der Waals surface area contributed by atoms with Crippen LogP contribution in [-0.4, -0.2) is 29.1 Å². The Bertz CT molecular complexity index is 698. The van der Waals surface area contributed by atoms with Crippen molar-refractivity contribution in [2.24, 2.45) is 22.7 Å². The molecule has 0 aromatic carbocycles.